The van der Waals surface area contributed by atoms with E-state index in [2.05, 4.69) is 36.6 Å². The number of aliphatic hydroxyl groups is 11. The third-order valence-electron chi connectivity index (χ3n) is 21.0. The summed E-state index contributed by atoms with van der Waals surface area (Å²) < 4.78 is 35.0. The lowest BCUT2D eigenvalue weighted by atomic mass is 9.88. The van der Waals surface area contributed by atoms with Gasteiger partial charge >= 0.3 is 5.97 Å². The Bertz CT molecular complexity index is 2080. The van der Waals surface area contributed by atoms with E-state index in [4.69, 9.17) is 28.4 Å². The van der Waals surface area contributed by atoms with Gasteiger partial charge in [0.15, 0.2) is 12.6 Å². The Hall–Kier alpha value is -2.53. The summed E-state index contributed by atoms with van der Waals surface area (Å²) in [5, 5.41) is 137. The molecule has 3 heterocycles. The van der Waals surface area contributed by atoms with Gasteiger partial charge < -0.3 is 100 Å². The van der Waals surface area contributed by atoms with Crippen LogP contribution in [0.25, 0.3) is 0 Å². The number of hydrogen-bond acceptors (Lipinski definition) is 20. The van der Waals surface area contributed by atoms with Crippen LogP contribution in [-0.2, 0) is 42.8 Å². The number of allylic oxidation sites excluding steroid dienone is 2. The molecule has 23 nitrogen and oxygen atoms in total. The molecule has 3 rings (SSSR count). The highest BCUT2D eigenvalue weighted by Gasteiger charge is 2.60. The van der Waals surface area contributed by atoms with E-state index in [1.165, 1.54) is 231 Å². The van der Waals surface area contributed by atoms with Crippen LogP contribution >= 0.6 is 0 Å². The van der Waals surface area contributed by atoms with Crippen molar-refractivity contribution in [3.8, 4) is 0 Å². The van der Waals surface area contributed by atoms with E-state index in [-0.39, 0.29) is 18.9 Å². The van der Waals surface area contributed by atoms with Gasteiger partial charge in [-0.2, -0.15) is 0 Å². The monoisotopic (exact) mass is 1460 g/mol. The zero-order valence-corrected chi connectivity index (χ0v) is 63.5. The first-order valence-corrected chi connectivity index (χ1v) is 41.0. The molecule has 3 saturated heterocycles. The molecule has 0 spiro atoms. The molecule has 3 fully saturated rings. The summed E-state index contributed by atoms with van der Waals surface area (Å²) in [5.74, 6) is -6.09. The molecule has 0 aromatic carbocycles. The number of unbranched alkanes of at least 4 members (excludes halogenated alkanes) is 43. The molecule has 18 atom stereocenters. The maximum atomic E-state index is 13.6. The Labute approximate surface area is 613 Å². The first kappa shape index (κ1) is 93.7. The fraction of sp³-hybridized carbons (Fsp3) is 0.937. The van der Waals surface area contributed by atoms with Crippen molar-refractivity contribution in [1.29, 1.82) is 0 Å². The largest absolute Gasteiger partial charge is 0.477 e. The molecule has 14 N–H and O–H groups in total. The van der Waals surface area contributed by atoms with Crippen LogP contribution in [0.5, 0.6) is 0 Å². The molecule has 0 saturated carbocycles. The number of carboxylic acid groups (broad SMARTS) is 1. The highest BCUT2D eigenvalue weighted by atomic mass is 16.8. The van der Waals surface area contributed by atoms with Gasteiger partial charge in [0.25, 0.3) is 5.79 Å². The van der Waals surface area contributed by atoms with Crippen LogP contribution in [0.4, 0.5) is 0 Å². The number of carboxylic acids is 1. The molecule has 3 aliphatic heterocycles. The second-order valence-electron chi connectivity index (χ2n) is 30.0. The zero-order chi connectivity index (χ0) is 74.6. The van der Waals surface area contributed by atoms with Gasteiger partial charge in [-0.3, -0.25) is 9.59 Å². The van der Waals surface area contributed by atoms with Crippen molar-refractivity contribution in [3.05, 3.63) is 12.2 Å². The van der Waals surface area contributed by atoms with Gasteiger partial charge in [0, 0.05) is 19.8 Å². The summed E-state index contributed by atoms with van der Waals surface area (Å²) in [6.45, 7) is 2.26. The minimum absolute atomic E-state index is 0.227. The predicted octanol–water partition coefficient (Wildman–Crippen LogP) is 11.0. The van der Waals surface area contributed by atoms with E-state index in [1.54, 1.807) is 0 Å². The van der Waals surface area contributed by atoms with Gasteiger partial charge in [0.2, 0.25) is 11.8 Å². The van der Waals surface area contributed by atoms with Crippen LogP contribution in [0.2, 0.25) is 0 Å². The van der Waals surface area contributed by atoms with Crippen molar-refractivity contribution in [2.75, 3.05) is 26.4 Å². The number of nitrogens with one attached hydrogen (secondary N) is 2. The summed E-state index contributed by atoms with van der Waals surface area (Å²) in [5.41, 5.74) is 0. The second-order valence-corrected chi connectivity index (χ2v) is 30.0. The molecule has 0 aliphatic carbocycles. The summed E-state index contributed by atoms with van der Waals surface area (Å²) in [7, 11) is 0. The molecular weight excluding hydrogens is 1310 g/mol. The Morgan fingerprint density at radius 3 is 1.32 bits per heavy atom. The van der Waals surface area contributed by atoms with Gasteiger partial charge in [0.05, 0.1) is 50.7 Å². The van der Waals surface area contributed by atoms with Gasteiger partial charge in [-0.25, -0.2) is 4.79 Å². The fourth-order valence-corrected chi connectivity index (χ4v) is 14.5. The molecule has 18 unspecified atom stereocenters. The molecule has 2 amide bonds. The lowest BCUT2D eigenvalue weighted by Gasteiger charge is -2.50. The average Bonchev–Trinajstić information content (AvgIpc) is 0.756. The highest BCUT2D eigenvalue weighted by Crippen LogP contribution is 2.39. The fourth-order valence-electron chi connectivity index (χ4n) is 14.5. The van der Waals surface area contributed by atoms with Crippen LogP contribution in [0, 0.1) is 0 Å². The Balaban J connectivity index is 1.47. The van der Waals surface area contributed by atoms with E-state index < -0.39 is 148 Å². The van der Waals surface area contributed by atoms with Gasteiger partial charge in [-0.05, 0) is 38.5 Å². The first-order chi connectivity index (χ1) is 49.4. The van der Waals surface area contributed by atoms with Crippen molar-refractivity contribution in [2.24, 2.45) is 0 Å². The summed E-state index contributed by atoms with van der Waals surface area (Å²) >= 11 is 0. The molecule has 0 bridgehead atoms. The van der Waals surface area contributed by atoms with Crippen molar-refractivity contribution >= 4 is 17.8 Å². The minimum atomic E-state index is -3.08. The van der Waals surface area contributed by atoms with Crippen molar-refractivity contribution < 1.29 is 104 Å². The van der Waals surface area contributed by atoms with E-state index in [0.29, 0.717) is 19.3 Å². The lowest BCUT2D eigenvalue weighted by Crippen LogP contribution is -2.70. The molecule has 0 aromatic rings. The van der Waals surface area contributed by atoms with E-state index in [1.807, 2.05) is 0 Å². The van der Waals surface area contributed by atoms with E-state index in [9.17, 15) is 75.7 Å². The van der Waals surface area contributed by atoms with Crippen molar-refractivity contribution in [1.82, 2.24) is 10.6 Å². The SMILES string of the molecule is CCCCCCCCCCCCCC/C=C\CCCCCCCCCCCCCCCCCC(=O)NC(COC1OC(CO)C(OC2OC(CO)C(O)C(OC3(C(=O)O)CC(O)C(NC(C)=O)C(C(O)C(O)CO)O3)C2O)C(O)C1O)C(O)CCCCCCCCCCCCCCCCCCC. The summed E-state index contributed by atoms with van der Waals surface area (Å²) in [4.78, 5) is 38.7. The van der Waals surface area contributed by atoms with Gasteiger partial charge in [-0.15, -0.1) is 0 Å². The lowest BCUT2D eigenvalue weighted by molar-refractivity contribution is -0.386. The number of ether oxygens (including phenoxy) is 6. The number of amides is 2. The first-order valence-electron chi connectivity index (χ1n) is 41.0. The standard InChI is InChI=1S/C79H148N2O21/c1-4-6-8-10-12-14-16-18-20-22-23-24-25-26-27-28-29-30-31-32-33-34-35-37-39-41-43-45-47-49-51-53-66(89)81-60(61(86)52-50-48-46-44-42-40-38-36-21-19-17-15-13-11-9-7-5-2)58-97-76-71(93)70(92)73(65(57-84)99-76)100-77-72(94)75(69(91)64(56-83)98-77)102-79(78(95)96)54-62(87)67(80-59(3)85)74(101-79)68(90)63(88)55-82/h26-27,60-65,67-77,82-84,86-88,90-94H,4-25,28-58H2,1-3H3,(H,80,85)(H,81,89)(H,95,96)/b27-26-. The zero-order valence-electron chi connectivity index (χ0n) is 63.5. The van der Waals surface area contributed by atoms with Crippen molar-refractivity contribution in [2.45, 2.75) is 445 Å². The number of rotatable bonds is 65. The average molecular weight is 1460 g/mol. The van der Waals surface area contributed by atoms with E-state index >= 15 is 0 Å². The van der Waals surface area contributed by atoms with E-state index in [0.717, 1.165) is 58.3 Å². The number of carbonyl (C=O) groups is 3. The van der Waals surface area contributed by atoms with Crippen LogP contribution in [-0.4, -0.2) is 215 Å². The van der Waals surface area contributed by atoms with Gasteiger partial charge in [-0.1, -0.05) is 289 Å². The number of aliphatic hydroxyl groups excluding tert-OH is 11. The van der Waals surface area contributed by atoms with Crippen molar-refractivity contribution in [3.63, 3.8) is 0 Å². The molecule has 23 heteroatoms. The summed E-state index contributed by atoms with van der Waals surface area (Å²) in [6.07, 6.45) is 33.6. The van der Waals surface area contributed by atoms with Crippen LogP contribution < -0.4 is 10.6 Å². The number of hydrogen-bond donors (Lipinski definition) is 14. The van der Waals surface area contributed by atoms with Crippen LogP contribution in [0.1, 0.15) is 335 Å². The third-order valence-corrected chi connectivity index (χ3v) is 21.0. The molecule has 0 aromatic heterocycles. The highest BCUT2D eigenvalue weighted by molar-refractivity contribution is 5.77. The maximum Gasteiger partial charge on any atom is 0.364 e. The Morgan fingerprint density at radius 2 is 0.912 bits per heavy atom. The topological polar surface area (TPSA) is 373 Å². The second kappa shape index (κ2) is 58.5. The smallest absolute Gasteiger partial charge is 0.364 e. The molecular formula is C79H148N2O21. The summed E-state index contributed by atoms with van der Waals surface area (Å²) in [6, 6.07) is -2.53. The maximum absolute atomic E-state index is 13.6. The minimum Gasteiger partial charge on any atom is -0.477 e. The third kappa shape index (κ3) is 38.5. The van der Waals surface area contributed by atoms with Crippen LogP contribution in [0.3, 0.4) is 0 Å². The molecule has 0 radical (unpaired) electrons. The van der Waals surface area contributed by atoms with Gasteiger partial charge in [0.1, 0.15) is 67.1 Å². The molecule has 102 heavy (non-hydrogen) atoms. The Kier molecular flexibility index (Phi) is 53.7. The normalized spacial score (nSPS) is 26.7. The predicted molar refractivity (Wildman–Crippen MR) is 394 cm³/mol. The molecule has 3 aliphatic rings. The number of aliphatic carboxylic acids is 1. The quantitative estimate of drug-likeness (QED) is 0.0199. The van der Waals surface area contributed by atoms with Crippen LogP contribution in [0.15, 0.2) is 12.2 Å². The Morgan fingerprint density at radius 1 is 0.500 bits per heavy atom. The number of carbonyl (C=O) groups excluding carboxylic acids is 2. The molecule has 600 valence electrons.